The molecule has 0 radical (unpaired) electrons. The van der Waals surface area contributed by atoms with Gasteiger partial charge in [-0.05, 0) is 55.3 Å². The fourth-order valence-corrected chi connectivity index (χ4v) is 3.51. The maximum atomic E-state index is 12.8. The van der Waals surface area contributed by atoms with Gasteiger partial charge in [-0.25, -0.2) is 0 Å². The summed E-state index contributed by atoms with van der Waals surface area (Å²) < 4.78 is 5.80. The lowest BCUT2D eigenvalue weighted by atomic mass is 10.0. The molecule has 1 aliphatic heterocycles. The molecule has 0 atom stereocenters. The molecule has 30 heavy (non-hydrogen) atoms. The predicted octanol–water partition coefficient (Wildman–Crippen LogP) is 3.52. The Balaban J connectivity index is 1.60. The molecule has 1 saturated heterocycles. The highest BCUT2D eigenvalue weighted by molar-refractivity contribution is 5.97. The van der Waals surface area contributed by atoms with Crippen LogP contribution in [0.25, 0.3) is 0 Å². The normalized spacial score (nSPS) is 14.6. The first-order chi connectivity index (χ1) is 14.3. The lowest BCUT2D eigenvalue weighted by Gasteiger charge is -2.32. The van der Waals surface area contributed by atoms with Crippen LogP contribution in [-0.4, -0.2) is 61.4 Å². The Morgan fingerprint density at radius 2 is 1.80 bits per heavy atom. The van der Waals surface area contributed by atoms with Gasteiger partial charge in [-0.2, -0.15) is 0 Å². The Hall–Kier alpha value is -2.86. The summed E-state index contributed by atoms with van der Waals surface area (Å²) in [6.07, 6.45) is 0. The van der Waals surface area contributed by atoms with Gasteiger partial charge in [-0.15, -0.1) is 0 Å². The average molecular weight is 410 g/mol. The molecule has 1 aliphatic rings. The fraction of sp³-hybridized carbons (Fsp3) is 0.417. The van der Waals surface area contributed by atoms with Crippen molar-refractivity contribution < 1.29 is 14.3 Å². The standard InChI is InChI=1S/C24H31N3O3/c1-17(2)21-9-8-18(3)14-22(21)30-16-23(28)25-20-7-5-6-19(15-20)24(29)27-12-10-26(4)11-13-27/h5-9,14-15,17H,10-13,16H2,1-4H3,(H,25,28). The highest BCUT2D eigenvalue weighted by Gasteiger charge is 2.20. The van der Waals surface area contributed by atoms with Crippen molar-refractivity contribution in [2.45, 2.75) is 26.7 Å². The third kappa shape index (κ3) is 5.60. The number of hydrogen-bond donors (Lipinski definition) is 1. The number of piperazine rings is 1. The number of rotatable bonds is 6. The Morgan fingerprint density at radius 3 is 2.50 bits per heavy atom. The van der Waals surface area contributed by atoms with E-state index in [1.165, 1.54) is 0 Å². The third-order valence-corrected chi connectivity index (χ3v) is 5.33. The minimum atomic E-state index is -0.254. The quantitative estimate of drug-likeness (QED) is 0.793. The first-order valence-electron chi connectivity index (χ1n) is 10.4. The van der Waals surface area contributed by atoms with Gasteiger partial charge in [-0.3, -0.25) is 9.59 Å². The molecule has 1 N–H and O–H groups in total. The molecule has 0 saturated carbocycles. The van der Waals surface area contributed by atoms with Crippen molar-refractivity contribution in [1.82, 2.24) is 9.80 Å². The van der Waals surface area contributed by atoms with Crippen LogP contribution in [0.5, 0.6) is 5.75 Å². The molecule has 2 aromatic carbocycles. The largest absolute Gasteiger partial charge is 0.483 e. The van der Waals surface area contributed by atoms with Crippen LogP contribution < -0.4 is 10.1 Å². The van der Waals surface area contributed by atoms with E-state index in [4.69, 9.17) is 4.74 Å². The summed E-state index contributed by atoms with van der Waals surface area (Å²) >= 11 is 0. The Bertz CT molecular complexity index is 902. The number of hydrogen-bond acceptors (Lipinski definition) is 4. The zero-order chi connectivity index (χ0) is 21.7. The van der Waals surface area contributed by atoms with Crippen molar-refractivity contribution in [3.8, 4) is 5.75 Å². The lowest BCUT2D eigenvalue weighted by molar-refractivity contribution is -0.118. The SMILES string of the molecule is Cc1ccc(C(C)C)c(OCC(=O)Nc2cccc(C(=O)N3CCN(C)CC3)c2)c1. The van der Waals surface area contributed by atoms with Crippen LogP contribution in [0.3, 0.4) is 0 Å². The van der Waals surface area contributed by atoms with Crippen molar-refractivity contribution in [1.29, 1.82) is 0 Å². The summed E-state index contributed by atoms with van der Waals surface area (Å²) in [6, 6.07) is 13.1. The Kier molecular flexibility index (Phi) is 7.11. The number of carbonyl (C=O) groups is 2. The number of benzene rings is 2. The highest BCUT2D eigenvalue weighted by Crippen LogP contribution is 2.27. The number of anilines is 1. The van der Waals surface area contributed by atoms with Crippen LogP contribution in [0.1, 0.15) is 41.3 Å². The van der Waals surface area contributed by atoms with Gasteiger partial charge in [0.1, 0.15) is 5.75 Å². The Morgan fingerprint density at radius 1 is 1.07 bits per heavy atom. The van der Waals surface area contributed by atoms with Gasteiger partial charge in [0.2, 0.25) is 0 Å². The van der Waals surface area contributed by atoms with Crippen LogP contribution in [0.4, 0.5) is 5.69 Å². The molecule has 0 aromatic heterocycles. The van der Waals surface area contributed by atoms with Gasteiger partial charge in [0.25, 0.3) is 11.8 Å². The molecule has 6 nitrogen and oxygen atoms in total. The van der Waals surface area contributed by atoms with Crippen molar-refractivity contribution in [2.24, 2.45) is 0 Å². The molecule has 2 amide bonds. The maximum absolute atomic E-state index is 12.8. The van der Waals surface area contributed by atoms with Gasteiger partial charge in [-0.1, -0.05) is 32.0 Å². The molecular formula is C24H31N3O3. The minimum Gasteiger partial charge on any atom is -0.483 e. The molecule has 0 aliphatic carbocycles. The second-order valence-electron chi connectivity index (χ2n) is 8.21. The van der Waals surface area contributed by atoms with E-state index in [-0.39, 0.29) is 18.4 Å². The number of nitrogens with zero attached hydrogens (tertiary/aromatic N) is 2. The lowest BCUT2D eigenvalue weighted by Crippen LogP contribution is -2.47. The van der Waals surface area contributed by atoms with Gasteiger partial charge in [0.15, 0.2) is 6.61 Å². The summed E-state index contributed by atoms with van der Waals surface area (Å²) in [7, 11) is 2.06. The van der Waals surface area contributed by atoms with E-state index in [9.17, 15) is 9.59 Å². The van der Waals surface area contributed by atoms with Crippen molar-refractivity contribution in [2.75, 3.05) is 45.2 Å². The second kappa shape index (κ2) is 9.76. The molecule has 0 unspecified atom stereocenters. The molecule has 1 heterocycles. The average Bonchev–Trinajstić information content (AvgIpc) is 2.72. The topological polar surface area (TPSA) is 61.9 Å². The van der Waals surface area contributed by atoms with Gasteiger partial charge >= 0.3 is 0 Å². The number of amides is 2. The third-order valence-electron chi connectivity index (χ3n) is 5.33. The zero-order valence-electron chi connectivity index (χ0n) is 18.3. The molecule has 0 bridgehead atoms. The fourth-order valence-electron chi connectivity index (χ4n) is 3.51. The van der Waals surface area contributed by atoms with E-state index >= 15 is 0 Å². The smallest absolute Gasteiger partial charge is 0.262 e. The minimum absolute atomic E-state index is 0.00298. The van der Waals surface area contributed by atoms with Crippen molar-refractivity contribution in [3.63, 3.8) is 0 Å². The second-order valence-corrected chi connectivity index (χ2v) is 8.21. The van der Waals surface area contributed by atoms with E-state index < -0.39 is 0 Å². The van der Waals surface area contributed by atoms with Crippen LogP contribution in [0.15, 0.2) is 42.5 Å². The molecular weight excluding hydrogens is 378 g/mol. The molecule has 3 rings (SSSR count). The van der Waals surface area contributed by atoms with Crippen LogP contribution in [0.2, 0.25) is 0 Å². The maximum Gasteiger partial charge on any atom is 0.262 e. The van der Waals surface area contributed by atoms with Gasteiger partial charge in [0.05, 0.1) is 0 Å². The first-order valence-corrected chi connectivity index (χ1v) is 10.4. The Labute approximate surface area is 178 Å². The molecule has 1 fully saturated rings. The van der Waals surface area contributed by atoms with E-state index in [2.05, 4.69) is 31.1 Å². The number of nitrogens with one attached hydrogen (secondary N) is 1. The van der Waals surface area contributed by atoms with E-state index in [0.717, 1.165) is 30.0 Å². The van der Waals surface area contributed by atoms with Crippen LogP contribution >= 0.6 is 0 Å². The number of ether oxygens (including phenoxy) is 1. The summed E-state index contributed by atoms with van der Waals surface area (Å²) in [6.45, 7) is 9.29. The summed E-state index contributed by atoms with van der Waals surface area (Å²) in [4.78, 5) is 29.3. The van der Waals surface area contributed by atoms with E-state index in [1.54, 1.807) is 24.3 Å². The highest BCUT2D eigenvalue weighted by atomic mass is 16.5. The molecule has 0 spiro atoms. The van der Waals surface area contributed by atoms with E-state index in [1.807, 2.05) is 30.0 Å². The van der Waals surface area contributed by atoms with Gasteiger partial charge < -0.3 is 19.9 Å². The van der Waals surface area contributed by atoms with E-state index in [0.29, 0.717) is 30.3 Å². The van der Waals surface area contributed by atoms with Crippen molar-refractivity contribution in [3.05, 3.63) is 59.2 Å². The summed E-state index contributed by atoms with van der Waals surface area (Å²) in [5, 5.41) is 2.84. The molecule has 6 heteroatoms. The zero-order valence-corrected chi connectivity index (χ0v) is 18.3. The monoisotopic (exact) mass is 409 g/mol. The summed E-state index contributed by atoms with van der Waals surface area (Å²) in [5.74, 6) is 0.785. The first kappa shape index (κ1) is 21.8. The van der Waals surface area contributed by atoms with Crippen molar-refractivity contribution >= 4 is 17.5 Å². The number of aryl methyl sites for hydroxylation is 1. The predicted molar refractivity (Wildman–Crippen MR) is 119 cm³/mol. The van der Waals surface area contributed by atoms with Crippen LogP contribution in [0, 0.1) is 6.92 Å². The summed E-state index contributed by atoms with van der Waals surface area (Å²) in [5.41, 5.74) is 3.34. The number of carbonyl (C=O) groups excluding carboxylic acids is 2. The van der Waals surface area contributed by atoms with Crippen LogP contribution in [-0.2, 0) is 4.79 Å². The molecule has 2 aromatic rings. The number of likely N-dealkylation sites (N-methyl/N-ethyl adjacent to an activating group) is 1. The molecule has 160 valence electrons. The van der Waals surface area contributed by atoms with Gasteiger partial charge in [0, 0.05) is 37.4 Å².